The third kappa shape index (κ3) is 6.61. The van der Waals surface area contributed by atoms with Gasteiger partial charge in [0.15, 0.2) is 11.6 Å². The van der Waals surface area contributed by atoms with Gasteiger partial charge in [0.1, 0.15) is 10.9 Å². The average molecular weight is 479 g/mol. The molecule has 0 fully saturated rings. The Morgan fingerprint density at radius 1 is 1.18 bits per heavy atom. The number of carbonyl (C=O) groups excluding carboxylic acids is 3. The molecule has 10 heteroatoms. The molecule has 1 atom stereocenters. The van der Waals surface area contributed by atoms with Gasteiger partial charge in [0.05, 0.1) is 11.8 Å². The van der Waals surface area contributed by atoms with Gasteiger partial charge in [-0.3, -0.25) is 9.59 Å². The van der Waals surface area contributed by atoms with Crippen LogP contribution in [0.2, 0.25) is 0 Å². The van der Waals surface area contributed by atoms with Crippen LogP contribution in [0.15, 0.2) is 30.3 Å². The van der Waals surface area contributed by atoms with Crippen LogP contribution in [-0.2, 0) is 20.8 Å². The summed E-state index contributed by atoms with van der Waals surface area (Å²) >= 11 is 1.11. The molecule has 0 bridgehead atoms. The molecule has 1 aromatic carbocycles. The highest BCUT2D eigenvalue weighted by atomic mass is 32.1. The van der Waals surface area contributed by atoms with Crippen LogP contribution in [0.3, 0.4) is 0 Å². The quantitative estimate of drug-likeness (QED) is 0.335. The minimum absolute atomic E-state index is 0.175. The topological polar surface area (TPSA) is 136 Å². The fourth-order valence-corrected chi connectivity index (χ4v) is 4.40. The summed E-state index contributed by atoms with van der Waals surface area (Å²) in [6.45, 7) is 5.32. The molecule has 0 aliphatic carbocycles. The number of esters is 1. The smallest absolute Gasteiger partial charge is 0.353 e. The second kappa shape index (κ2) is 11.0. The summed E-state index contributed by atoms with van der Waals surface area (Å²) in [7, 11) is 0. The van der Waals surface area contributed by atoms with Gasteiger partial charge in [-0.05, 0) is 56.0 Å². The van der Waals surface area contributed by atoms with Crippen molar-refractivity contribution in [2.75, 3.05) is 0 Å². The summed E-state index contributed by atoms with van der Waals surface area (Å²) in [6, 6.07) is 6.06. The Morgan fingerprint density at radius 2 is 1.85 bits per heavy atom. The van der Waals surface area contributed by atoms with Gasteiger partial charge in [-0.25, -0.2) is 14.0 Å². The molecule has 0 spiro atoms. The molecule has 1 aromatic heterocycles. The summed E-state index contributed by atoms with van der Waals surface area (Å²) in [5.41, 5.74) is 4.83. The predicted octanol–water partition coefficient (Wildman–Crippen LogP) is 3.21. The van der Waals surface area contributed by atoms with E-state index in [0.717, 1.165) is 11.3 Å². The number of carboxylic acids is 1. The summed E-state index contributed by atoms with van der Waals surface area (Å²) in [5.74, 6) is -4.24. The first-order valence-electron chi connectivity index (χ1n) is 10.4. The lowest BCUT2D eigenvalue weighted by Crippen LogP contribution is -2.50. The van der Waals surface area contributed by atoms with Crippen molar-refractivity contribution < 1.29 is 33.4 Å². The number of carboxylic acid groups (broad SMARTS) is 1. The number of amides is 2. The number of halogens is 1. The fraction of sp³-hybridized carbons (Fsp3) is 0.391. The van der Waals surface area contributed by atoms with Crippen molar-refractivity contribution in [1.82, 2.24) is 5.32 Å². The van der Waals surface area contributed by atoms with E-state index >= 15 is 0 Å². The molecule has 8 nitrogen and oxygen atoms in total. The highest BCUT2D eigenvalue weighted by Gasteiger charge is 2.38. The Labute approximate surface area is 194 Å². The molecule has 1 unspecified atom stereocenters. The average Bonchev–Trinajstić information content (AvgIpc) is 3.21. The molecule has 33 heavy (non-hydrogen) atoms. The van der Waals surface area contributed by atoms with Crippen molar-refractivity contribution in [2.45, 2.75) is 52.5 Å². The normalized spacial score (nSPS) is 12.1. The van der Waals surface area contributed by atoms with E-state index in [0.29, 0.717) is 23.3 Å². The first-order chi connectivity index (χ1) is 15.5. The monoisotopic (exact) mass is 478 g/mol. The lowest BCUT2D eigenvalue weighted by molar-refractivity contribution is -0.145. The van der Waals surface area contributed by atoms with Crippen molar-refractivity contribution in [2.24, 2.45) is 11.1 Å². The van der Waals surface area contributed by atoms with Gasteiger partial charge in [0, 0.05) is 4.88 Å². The van der Waals surface area contributed by atoms with Gasteiger partial charge in [-0.1, -0.05) is 19.9 Å². The molecule has 0 saturated heterocycles. The lowest BCUT2D eigenvalue weighted by atomic mass is 9.77. The minimum Gasteiger partial charge on any atom is -0.480 e. The number of nitrogens with two attached hydrogens (primary N) is 1. The van der Waals surface area contributed by atoms with E-state index in [4.69, 9.17) is 10.5 Å². The fourth-order valence-electron chi connectivity index (χ4n) is 3.37. The molecule has 2 aromatic rings. The van der Waals surface area contributed by atoms with E-state index in [2.05, 4.69) is 5.32 Å². The molecule has 0 aliphatic heterocycles. The summed E-state index contributed by atoms with van der Waals surface area (Å²) in [4.78, 5) is 49.0. The Morgan fingerprint density at radius 3 is 2.39 bits per heavy atom. The zero-order valence-corrected chi connectivity index (χ0v) is 19.5. The number of primary amides is 1. The third-order valence-corrected chi connectivity index (χ3v) is 6.57. The van der Waals surface area contributed by atoms with Crippen molar-refractivity contribution >= 4 is 35.1 Å². The molecule has 178 valence electrons. The second-order valence-corrected chi connectivity index (χ2v) is 8.96. The van der Waals surface area contributed by atoms with Crippen LogP contribution >= 0.6 is 11.3 Å². The maximum absolute atomic E-state index is 14.0. The van der Waals surface area contributed by atoms with Crippen LogP contribution in [0.5, 0.6) is 5.75 Å². The number of nitrogens with one attached hydrogen (secondary N) is 1. The molecule has 1 heterocycles. The molecule has 4 N–H and O–H groups in total. The predicted molar refractivity (Wildman–Crippen MR) is 121 cm³/mol. The van der Waals surface area contributed by atoms with Gasteiger partial charge in [-0.2, -0.15) is 0 Å². The number of carbonyl (C=O) groups is 4. The van der Waals surface area contributed by atoms with Crippen LogP contribution < -0.4 is 15.8 Å². The van der Waals surface area contributed by atoms with E-state index in [1.165, 1.54) is 18.2 Å². The number of thiophene rings is 1. The number of hydrogen-bond donors (Lipinski definition) is 3. The van der Waals surface area contributed by atoms with Crippen LogP contribution in [0.4, 0.5) is 4.39 Å². The van der Waals surface area contributed by atoms with E-state index in [1.807, 2.05) is 0 Å². The molecule has 0 aliphatic rings. The van der Waals surface area contributed by atoms with E-state index in [-0.39, 0.29) is 17.0 Å². The maximum atomic E-state index is 14.0. The largest absolute Gasteiger partial charge is 0.480 e. The van der Waals surface area contributed by atoms with Crippen LogP contribution in [0.25, 0.3) is 0 Å². The third-order valence-electron chi connectivity index (χ3n) is 5.51. The zero-order chi connectivity index (χ0) is 24.8. The Kier molecular flexibility index (Phi) is 8.69. The molecular formula is C23H27FN2O6S. The molecule has 2 rings (SSSR count). The lowest BCUT2D eigenvalue weighted by Gasteiger charge is -2.31. The summed E-state index contributed by atoms with van der Waals surface area (Å²) < 4.78 is 19.1. The van der Waals surface area contributed by atoms with Crippen molar-refractivity contribution in [3.8, 4) is 5.75 Å². The van der Waals surface area contributed by atoms with Crippen molar-refractivity contribution in [1.29, 1.82) is 0 Å². The van der Waals surface area contributed by atoms with E-state index in [9.17, 15) is 28.7 Å². The van der Waals surface area contributed by atoms with E-state index in [1.54, 1.807) is 32.9 Å². The van der Waals surface area contributed by atoms with Crippen molar-refractivity contribution in [3.05, 3.63) is 51.5 Å². The number of aliphatic carboxylic acids is 1. The minimum atomic E-state index is -1.43. The van der Waals surface area contributed by atoms with E-state index < -0.39 is 47.4 Å². The molecule has 2 amide bonds. The number of rotatable bonds is 11. The van der Waals surface area contributed by atoms with Crippen molar-refractivity contribution in [3.63, 3.8) is 0 Å². The number of ether oxygens (including phenoxy) is 1. The first-order valence-corrected chi connectivity index (χ1v) is 11.2. The number of aryl methyl sites for hydroxylation is 1. The molecule has 0 saturated carbocycles. The Bertz CT molecular complexity index is 1050. The second-order valence-electron chi connectivity index (χ2n) is 7.79. The van der Waals surface area contributed by atoms with Crippen LogP contribution in [-0.4, -0.2) is 34.9 Å². The Balaban J connectivity index is 2.17. The highest BCUT2D eigenvalue weighted by molar-refractivity contribution is 7.14. The summed E-state index contributed by atoms with van der Waals surface area (Å²) in [5, 5.41) is 11.7. The first kappa shape index (κ1) is 26.0. The zero-order valence-electron chi connectivity index (χ0n) is 18.6. The standard InChI is InChI=1S/C23H27FN2O6S/c1-4-23(5-2,22(31)26-16(20(28)29)11-19(25)27)12-14-7-9-18(33-14)21(30)32-17-8-6-13(3)10-15(17)24/h6-10,16H,4-5,11-12H2,1-3H3,(H2,25,27)(H,26,31)(H,28,29). The number of benzene rings is 1. The SMILES string of the molecule is CCC(CC)(Cc1ccc(C(=O)Oc2ccc(C)cc2F)s1)C(=O)NC(CC(N)=O)C(=O)O. The van der Waals surface area contributed by atoms with Crippen LogP contribution in [0.1, 0.15) is 53.2 Å². The van der Waals surface area contributed by atoms with Gasteiger partial charge in [0.2, 0.25) is 11.8 Å². The van der Waals surface area contributed by atoms with Gasteiger partial charge in [-0.15, -0.1) is 11.3 Å². The molecular weight excluding hydrogens is 451 g/mol. The van der Waals surface area contributed by atoms with Gasteiger partial charge >= 0.3 is 11.9 Å². The number of hydrogen-bond acceptors (Lipinski definition) is 6. The maximum Gasteiger partial charge on any atom is 0.353 e. The summed E-state index contributed by atoms with van der Waals surface area (Å²) in [6.07, 6.45) is 0.510. The highest BCUT2D eigenvalue weighted by Crippen LogP contribution is 2.34. The molecule has 0 radical (unpaired) electrons. The van der Waals surface area contributed by atoms with Crippen LogP contribution in [0, 0.1) is 18.2 Å². The van der Waals surface area contributed by atoms with Gasteiger partial charge < -0.3 is 20.9 Å². The Hall–Kier alpha value is -3.27. The van der Waals surface area contributed by atoms with Gasteiger partial charge in [0.25, 0.3) is 0 Å².